The minimum atomic E-state index is -0.253. The van der Waals surface area contributed by atoms with Crippen LogP contribution in [0.25, 0.3) is 22.2 Å². The van der Waals surface area contributed by atoms with E-state index < -0.39 is 0 Å². The third kappa shape index (κ3) is 7.84. The lowest BCUT2D eigenvalue weighted by Crippen LogP contribution is -2.33. The quantitative estimate of drug-likeness (QED) is 0.150. The zero-order valence-electron chi connectivity index (χ0n) is 24.3. The molecule has 0 saturated heterocycles. The number of ketones is 1. The first-order chi connectivity index (χ1) is 19.8. The fourth-order valence-electron chi connectivity index (χ4n) is 5.08. The molecule has 1 atom stereocenters. The first-order valence-electron chi connectivity index (χ1n) is 14.2. The molecule has 0 fully saturated rings. The standard InChI is InChI=1S/C32H39N5O4/c1-5-24(39)9-7-6-8-10-29(32-33-19-30(37-32)22-11-13-23(14-12-22)35-21(3)38)36-31(40)18-26-20(2)34-28-16-15-25(41-4)17-27(26)28/h11-17,19,29,34H,5-10,18H2,1-4H3,(H,33,37)(H,35,38)(H,36,40)/p+1/t29-/m0/s1. The van der Waals surface area contributed by atoms with Crippen molar-refractivity contribution in [2.45, 2.75) is 71.8 Å². The van der Waals surface area contributed by atoms with Gasteiger partial charge in [-0.1, -0.05) is 19.8 Å². The summed E-state index contributed by atoms with van der Waals surface area (Å²) >= 11 is 0. The number of methoxy groups -OCH3 is 1. The molecule has 2 amide bonds. The van der Waals surface area contributed by atoms with Crippen molar-refractivity contribution in [1.82, 2.24) is 15.3 Å². The molecule has 5 N–H and O–H groups in total. The number of H-pyrrole nitrogens is 3. The number of rotatable bonds is 14. The molecular weight excluding hydrogens is 518 g/mol. The second-order valence-corrected chi connectivity index (χ2v) is 10.4. The minimum Gasteiger partial charge on any atom is -0.497 e. The highest BCUT2D eigenvalue weighted by atomic mass is 16.5. The van der Waals surface area contributed by atoms with Gasteiger partial charge in [0, 0.05) is 47.6 Å². The zero-order chi connectivity index (χ0) is 29.4. The summed E-state index contributed by atoms with van der Waals surface area (Å²) in [5, 5.41) is 6.99. The third-order valence-electron chi connectivity index (χ3n) is 7.35. The van der Waals surface area contributed by atoms with Crippen LogP contribution in [-0.2, 0) is 20.8 Å². The van der Waals surface area contributed by atoms with Crippen LogP contribution in [0.5, 0.6) is 5.75 Å². The Kier molecular flexibility index (Phi) is 9.95. The maximum atomic E-state index is 13.4. The maximum absolute atomic E-state index is 13.4. The van der Waals surface area contributed by atoms with Gasteiger partial charge in [0.15, 0.2) is 5.69 Å². The van der Waals surface area contributed by atoms with Crippen LogP contribution in [0.15, 0.2) is 48.7 Å². The molecule has 9 nitrogen and oxygen atoms in total. The van der Waals surface area contributed by atoms with E-state index in [2.05, 4.69) is 25.6 Å². The van der Waals surface area contributed by atoms with Gasteiger partial charge in [0.2, 0.25) is 11.8 Å². The Hall–Kier alpha value is -4.40. The number of imidazole rings is 1. The number of aryl methyl sites for hydroxylation is 1. The van der Waals surface area contributed by atoms with Crippen LogP contribution in [0.1, 0.15) is 75.5 Å². The number of benzene rings is 2. The van der Waals surface area contributed by atoms with Crippen molar-refractivity contribution in [3.63, 3.8) is 0 Å². The summed E-state index contributed by atoms with van der Waals surface area (Å²) in [5.74, 6) is 1.64. The summed E-state index contributed by atoms with van der Waals surface area (Å²) < 4.78 is 5.40. The normalized spacial score (nSPS) is 11.8. The topological polar surface area (TPSA) is 130 Å². The molecule has 2 aromatic heterocycles. The average molecular weight is 559 g/mol. The second-order valence-electron chi connectivity index (χ2n) is 10.4. The van der Waals surface area contributed by atoms with Crippen molar-refractivity contribution in [3.8, 4) is 17.0 Å². The molecule has 0 bridgehead atoms. The monoisotopic (exact) mass is 558 g/mol. The fraction of sp³-hybridized carbons (Fsp3) is 0.375. The molecule has 0 aliphatic rings. The third-order valence-corrected chi connectivity index (χ3v) is 7.35. The predicted octanol–water partition coefficient (Wildman–Crippen LogP) is 5.58. The lowest BCUT2D eigenvalue weighted by atomic mass is 10.0. The molecule has 9 heteroatoms. The molecule has 0 radical (unpaired) electrons. The first kappa shape index (κ1) is 29.6. The molecule has 216 valence electrons. The van der Waals surface area contributed by atoms with Crippen molar-refractivity contribution >= 4 is 34.2 Å². The Morgan fingerprint density at radius 1 is 1.02 bits per heavy atom. The van der Waals surface area contributed by atoms with Crippen molar-refractivity contribution in [2.75, 3.05) is 12.4 Å². The molecule has 4 rings (SSSR count). The number of hydrogen-bond acceptors (Lipinski definition) is 4. The van der Waals surface area contributed by atoms with Gasteiger partial charge in [-0.3, -0.25) is 14.4 Å². The van der Waals surface area contributed by atoms with E-state index in [9.17, 15) is 14.4 Å². The van der Waals surface area contributed by atoms with E-state index in [1.165, 1.54) is 6.92 Å². The summed E-state index contributed by atoms with van der Waals surface area (Å²) in [6.07, 6.45) is 6.66. The molecule has 4 aromatic rings. The number of carbonyl (C=O) groups is 3. The summed E-state index contributed by atoms with van der Waals surface area (Å²) in [6.45, 7) is 5.35. The fourth-order valence-corrected chi connectivity index (χ4v) is 5.08. The van der Waals surface area contributed by atoms with Gasteiger partial charge < -0.3 is 20.4 Å². The van der Waals surface area contributed by atoms with Crippen LogP contribution in [0.3, 0.4) is 0 Å². The highest BCUT2D eigenvalue weighted by Crippen LogP contribution is 2.27. The Bertz CT molecular complexity index is 1500. The van der Waals surface area contributed by atoms with E-state index in [4.69, 9.17) is 4.74 Å². The second kappa shape index (κ2) is 13.8. The number of carbonyl (C=O) groups excluding carboxylic acids is 3. The smallest absolute Gasteiger partial charge is 0.275 e. The molecule has 0 unspecified atom stereocenters. The van der Waals surface area contributed by atoms with Gasteiger partial charge >= 0.3 is 0 Å². The van der Waals surface area contributed by atoms with Crippen LogP contribution in [0.4, 0.5) is 5.69 Å². The lowest BCUT2D eigenvalue weighted by molar-refractivity contribution is -0.391. The van der Waals surface area contributed by atoms with E-state index in [0.29, 0.717) is 12.8 Å². The molecule has 0 aliphatic carbocycles. The number of amides is 2. The van der Waals surface area contributed by atoms with Crippen molar-refractivity contribution in [3.05, 3.63) is 65.7 Å². The van der Waals surface area contributed by atoms with Gasteiger partial charge in [0.25, 0.3) is 5.82 Å². The predicted molar refractivity (Wildman–Crippen MR) is 160 cm³/mol. The molecule has 2 heterocycles. The number of Topliss-reactive ketones (excluding diaryl/α,β-unsaturated/α-hetero) is 1. The van der Waals surface area contributed by atoms with Gasteiger partial charge in [0.1, 0.15) is 23.8 Å². The SMILES string of the molecule is CCC(=O)CCCCC[C@H](NC(=O)Cc1c(C)[nH]c2ccc(OC)cc12)c1[nH]c(-c2ccc(NC(C)=O)cc2)c[nH+]1. The number of nitrogens with one attached hydrogen (secondary N) is 5. The maximum Gasteiger partial charge on any atom is 0.275 e. The first-order valence-corrected chi connectivity index (χ1v) is 14.2. The van der Waals surface area contributed by atoms with Crippen molar-refractivity contribution in [2.24, 2.45) is 0 Å². The molecular formula is C32H40N5O4+. The molecule has 0 spiro atoms. The number of aromatic amines is 3. The van der Waals surface area contributed by atoms with Crippen molar-refractivity contribution < 1.29 is 24.1 Å². The summed E-state index contributed by atoms with van der Waals surface area (Å²) in [5.41, 5.74) is 5.43. The van der Waals surface area contributed by atoms with Gasteiger partial charge in [-0.05, 0) is 67.8 Å². The number of hydrogen-bond donors (Lipinski definition) is 4. The van der Waals surface area contributed by atoms with Crippen LogP contribution < -0.4 is 20.4 Å². The van der Waals surface area contributed by atoms with E-state index >= 15 is 0 Å². The Labute approximate surface area is 240 Å². The molecule has 0 aliphatic heterocycles. The highest BCUT2D eigenvalue weighted by Gasteiger charge is 2.24. The largest absolute Gasteiger partial charge is 0.497 e. The van der Waals surface area contributed by atoms with Crippen LogP contribution in [0.2, 0.25) is 0 Å². The minimum absolute atomic E-state index is 0.0767. The molecule has 0 saturated carbocycles. The van der Waals surface area contributed by atoms with Gasteiger partial charge in [-0.15, -0.1) is 0 Å². The van der Waals surface area contributed by atoms with Gasteiger partial charge in [0.05, 0.1) is 13.5 Å². The van der Waals surface area contributed by atoms with Crippen LogP contribution in [-0.4, -0.2) is 34.7 Å². The van der Waals surface area contributed by atoms with Gasteiger partial charge in [-0.25, -0.2) is 9.97 Å². The number of ether oxygens (including phenoxy) is 1. The molecule has 41 heavy (non-hydrogen) atoms. The lowest BCUT2D eigenvalue weighted by Gasteiger charge is -2.14. The average Bonchev–Trinajstić information content (AvgIpc) is 3.56. The van der Waals surface area contributed by atoms with Crippen LogP contribution >= 0.6 is 0 Å². The zero-order valence-corrected chi connectivity index (χ0v) is 24.3. The van der Waals surface area contributed by atoms with E-state index in [1.54, 1.807) is 7.11 Å². The van der Waals surface area contributed by atoms with E-state index in [0.717, 1.165) is 76.4 Å². The van der Waals surface area contributed by atoms with Crippen LogP contribution in [0, 0.1) is 6.92 Å². The van der Waals surface area contributed by atoms with E-state index in [-0.39, 0.29) is 30.1 Å². The highest BCUT2D eigenvalue weighted by molar-refractivity contribution is 5.91. The van der Waals surface area contributed by atoms with E-state index in [1.807, 2.05) is 62.5 Å². The summed E-state index contributed by atoms with van der Waals surface area (Å²) in [6, 6.07) is 13.1. The summed E-state index contributed by atoms with van der Waals surface area (Å²) in [7, 11) is 1.63. The Balaban J connectivity index is 1.49. The molecule has 2 aromatic carbocycles. The number of anilines is 1. The number of unbranched alkanes of at least 4 members (excludes halogenated alkanes) is 2. The Morgan fingerprint density at radius 3 is 2.51 bits per heavy atom. The number of fused-ring (bicyclic) bond motifs is 1. The summed E-state index contributed by atoms with van der Waals surface area (Å²) in [4.78, 5) is 46.6. The van der Waals surface area contributed by atoms with Gasteiger partial charge in [-0.2, -0.15) is 0 Å². The number of aromatic nitrogens is 3. The Morgan fingerprint density at radius 2 is 1.80 bits per heavy atom. The van der Waals surface area contributed by atoms with Crippen molar-refractivity contribution in [1.29, 1.82) is 0 Å².